The van der Waals surface area contributed by atoms with E-state index >= 15 is 0 Å². The van der Waals surface area contributed by atoms with Crippen molar-refractivity contribution in [3.63, 3.8) is 0 Å². The molecule has 2 aromatic rings. The van der Waals surface area contributed by atoms with Gasteiger partial charge in [-0.3, -0.25) is 4.98 Å². The van der Waals surface area contributed by atoms with Crippen molar-refractivity contribution in [2.75, 3.05) is 20.1 Å². The molecule has 1 heterocycles. The number of nitrogens with zero attached hydrogens (tertiary/aromatic N) is 2. The van der Waals surface area contributed by atoms with Gasteiger partial charge in [0.2, 0.25) is 0 Å². The van der Waals surface area contributed by atoms with Gasteiger partial charge in [0.25, 0.3) is 0 Å². The molecule has 4 heteroatoms. The second-order valence-corrected chi connectivity index (χ2v) is 5.64. The maximum atomic E-state index is 10.2. The molecule has 0 amide bonds. The molecule has 0 saturated carbocycles. The van der Waals surface area contributed by atoms with Crippen LogP contribution in [-0.2, 0) is 6.42 Å². The summed E-state index contributed by atoms with van der Waals surface area (Å²) in [6.07, 6.45) is 4.78. The molecule has 0 spiro atoms. The van der Waals surface area contributed by atoms with Gasteiger partial charge in [-0.2, -0.15) is 0 Å². The van der Waals surface area contributed by atoms with Gasteiger partial charge in [0.05, 0.1) is 6.10 Å². The zero-order valence-electron chi connectivity index (χ0n) is 12.2. The van der Waals surface area contributed by atoms with Crippen LogP contribution in [0.3, 0.4) is 0 Å². The number of rotatable bonds is 7. The lowest BCUT2D eigenvalue weighted by atomic mass is 10.1. The quantitative estimate of drug-likeness (QED) is 0.852. The van der Waals surface area contributed by atoms with Gasteiger partial charge >= 0.3 is 0 Å². The summed E-state index contributed by atoms with van der Waals surface area (Å²) in [6.45, 7) is 1.79. The molecule has 21 heavy (non-hydrogen) atoms. The zero-order valence-corrected chi connectivity index (χ0v) is 13.0. The minimum absolute atomic E-state index is 0.512. The Bertz CT molecular complexity index is 547. The topological polar surface area (TPSA) is 36.4 Å². The average Bonchev–Trinajstić information content (AvgIpc) is 2.52. The first kappa shape index (κ1) is 16.0. The summed E-state index contributed by atoms with van der Waals surface area (Å²) in [6, 6.07) is 11.5. The van der Waals surface area contributed by atoms with E-state index in [0.717, 1.165) is 25.1 Å². The second-order valence-electron chi connectivity index (χ2n) is 5.23. The fourth-order valence-corrected chi connectivity index (χ4v) is 2.49. The minimum atomic E-state index is -0.512. The Balaban J connectivity index is 1.76. The molecule has 3 nitrogen and oxygen atoms in total. The van der Waals surface area contributed by atoms with Crippen LogP contribution in [-0.4, -0.2) is 35.1 Å². The standard InChI is InChI=1S/C17H21ClN2O/c1-20(12-8-14-6-10-19-11-7-14)13-9-17(21)15-4-2-3-5-16(15)18/h2-7,10-11,17,21H,8-9,12-13H2,1H3. The summed E-state index contributed by atoms with van der Waals surface area (Å²) >= 11 is 6.10. The fourth-order valence-electron chi connectivity index (χ4n) is 2.22. The van der Waals surface area contributed by atoms with E-state index in [-0.39, 0.29) is 0 Å². The molecule has 1 N–H and O–H groups in total. The van der Waals surface area contributed by atoms with Crippen LogP contribution >= 0.6 is 11.6 Å². The molecule has 2 rings (SSSR count). The van der Waals surface area contributed by atoms with Gasteiger partial charge in [-0.15, -0.1) is 0 Å². The van der Waals surface area contributed by atoms with E-state index in [1.54, 1.807) is 0 Å². The normalized spacial score (nSPS) is 12.6. The predicted molar refractivity (Wildman–Crippen MR) is 86.5 cm³/mol. The third-order valence-electron chi connectivity index (χ3n) is 3.58. The Morgan fingerprint density at radius 1 is 1.14 bits per heavy atom. The van der Waals surface area contributed by atoms with Crippen molar-refractivity contribution in [2.45, 2.75) is 18.9 Å². The number of hydrogen-bond acceptors (Lipinski definition) is 3. The van der Waals surface area contributed by atoms with Gasteiger partial charge in [-0.25, -0.2) is 0 Å². The van der Waals surface area contributed by atoms with Gasteiger partial charge in [-0.1, -0.05) is 29.8 Å². The zero-order chi connectivity index (χ0) is 15.1. The maximum Gasteiger partial charge on any atom is 0.0816 e. The molecule has 1 aromatic carbocycles. The Labute approximate surface area is 131 Å². The minimum Gasteiger partial charge on any atom is -0.388 e. The van der Waals surface area contributed by atoms with Crippen LogP contribution in [0.25, 0.3) is 0 Å². The number of likely N-dealkylation sites (N-methyl/N-ethyl adjacent to an activating group) is 1. The van der Waals surface area contributed by atoms with Crippen LogP contribution in [0, 0.1) is 0 Å². The van der Waals surface area contributed by atoms with E-state index < -0.39 is 6.10 Å². The van der Waals surface area contributed by atoms with Crippen LogP contribution in [0.15, 0.2) is 48.8 Å². The Morgan fingerprint density at radius 2 is 1.86 bits per heavy atom. The molecule has 0 bridgehead atoms. The van der Waals surface area contributed by atoms with Crippen LogP contribution in [0.5, 0.6) is 0 Å². The molecule has 0 fully saturated rings. The lowest BCUT2D eigenvalue weighted by Crippen LogP contribution is -2.24. The monoisotopic (exact) mass is 304 g/mol. The van der Waals surface area contributed by atoms with E-state index in [1.807, 2.05) is 48.8 Å². The molecule has 1 aromatic heterocycles. The molecule has 0 saturated heterocycles. The van der Waals surface area contributed by atoms with Gasteiger partial charge < -0.3 is 10.0 Å². The van der Waals surface area contributed by atoms with Gasteiger partial charge in [-0.05, 0) is 49.2 Å². The number of aliphatic hydroxyl groups is 1. The van der Waals surface area contributed by atoms with Crippen molar-refractivity contribution in [1.29, 1.82) is 0 Å². The molecule has 112 valence electrons. The molecule has 1 atom stereocenters. The van der Waals surface area contributed by atoms with Crippen molar-refractivity contribution in [3.05, 3.63) is 64.9 Å². The van der Waals surface area contributed by atoms with Crippen LogP contribution in [0.2, 0.25) is 5.02 Å². The van der Waals surface area contributed by atoms with Crippen LogP contribution in [0.4, 0.5) is 0 Å². The summed E-state index contributed by atoms with van der Waals surface area (Å²) in [5.74, 6) is 0. The first-order chi connectivity index (χ1) is 10.2. The lowest BCUT2D eigenvalue weighted by molar-refractivity contribution is 0.149. The molecular formula is C17H21ClN2O. The van der Waals surface area contributed by atoms with E-state index in [4.69, 9.17) is 11.6 Å². The average molecular weight is 305 g/mol. The highest BCUT2D eigenvalue weighted by atomic mass is 35.5. The SMILES string of the molecule is CN(CCc1ccncc1)CCC(O)c1ccccc1Cl. The van der Waals surface area contributed by atoms with E-state index in [0.29, 0.717) is 11.4 Å². The number of aromatic nitrogens is 1. The molecule has 1 unspecified atom stereocenters. The predicted octanol–water partition coefficient (Wildman–Crippen LogP) is 3.33. The highest BCUT2D eigenvalue weighted by Gasteiger charge is 2.11. The molecule has 0 radical (unpaired) electrons. The Kier molecular flexibility index (Phi) is 6.18. The molecule has 0 aliphatic carbocycles. The van der Waals surface area contributed by atoms with Crippen molar-refractivity contribution >= 4 is 11.6 Å². The lowest BCUT2D eigenvalue weighted by Gasteiger charge is -2.19. The maximum absolute atomic E-state index is 10.2. The highest BCUT2D eigenvalue weighted by molar-refractivity contribution is 6.31. The van der Waals surface area contributed by atoms with E-state index in [2.05, 4.69) is 16.9 Å². The number of aliphatic hydroxyl groups excluding tert-OH is 1. The van der Waals surface area contributed by atoms with E-state index in [1.165, 1.54) is 5.56 Å². The summed E-state index contributed by atoms with van der Waals surface area (Å²) in [4.78, 5) is 6.24. The molecule has 0 aliphatic rings. The third-order valence-corrected chi connectivity index (χ3v) is 3.92. The second kappa shape index (κ2) is 8.13. The van der Waals surface area contributed by atoms with Crippen molar-refractivity contribution in [1.82, 2.24) is 9.88 Å². The van der Waals surface area contributed by atoms with Gasteiger partial charge in [0, 0.05) is 30.5 Å². The van der Waals surface area contributed by atoms with Crippen LogP contribution in [0.1, 0.15) is 23.7 Å². The fraction of sp³-hybridized carbons (Fsp3) is 0.353. The first-order valence-corrected chi connectivity index (χ1v) is 7.54. The number of pyridine rings is 1. The number of benzene rings is 1. The highest BCUT2D eigenvalue weighted by Crippen LogP contribution is 2.24. The number of halogens is 1. The summed E-state index contributed by atoms with van der Waals surface area (Å²) in [7, 11) is 2.07. The van der Waals surface area contributed by atoms with Crippen LogP contribution < -0.4 is 0 Å². The molecule has 0 aliphatic heterocycles. The third kappa shape index (κ3) is 5.12. The summed E-state index contributed by atoms with van der Waals surface area (Å²) < 4.78 is 0. The Hall–Kier alpha value is -1.42. The van der Waals surface area contributed by atoms with Crippen molar-refractivity contribution in [2.24, 2.45) is 0 Å². The molecular weight excluding hydrogens is 284 g/mol. The van der Waals surface area contributed by atoms with Gasteiger partial charge in [0.1, 0.15) is 0 Å². The summed E-state index contributed by atoms with van der Waals surface area (Å²) in [5, 5.41) is 10.8. The van der Waals surface area contributed by atoms with Gasteiger partial charge in [0.15, 0.2) is 0 Å². The summed E-state index contributed by atoms with van der Waals surface area (Å²) in [5.41, 5.74) is 2.09. The Morgan fingerprint density at radius 3 is 2.57 bits per heavy atom. The van der Waals surface area contributed by atoms with E-state index in [9.17, 15) is 5.11 Å². The number of hydrogen-bond donors (Lipinski definition) is 1. The smallest absolute Gasteiger partial charge is 0.0816 e. The van der Waals surface area contributed by atoms with Crippen molar-refractivity contribution in [3.8, 4) is 0 Å². The first-order valence-electron chi connectivity index (χ1n) is 7.17. The largest absolute Gasteiger partial charge is 0.388 e. The van der Waals surface area contributed by atoms with Crippen molar-refractivity contribution < 1.29 is 5.11 Å².